The maximum absolute atomic E-state index is 13.2. The molecule has 4 rings (SSSR count). The van der Waals surface area contributed by atoms with Gasteiger partial charge in [0.2, 0.25) is 0 Å². The van der Waals surface area contributed by atoms with Crippen LogP contribution in [0.5, 0.6) is 0 Å². The topological polar surface area (TPSA) is 32.3 Å². The highest BCUT2D eigenvalue weighted by atomic mass is 35.5. The standard InChI is InChI=1S/C26H33ClN2O/c1-2-16-29-17-14-20-18-24(30)21(11-7-5-3-4-6-10-15-27)25-26(20,19-29)22-12-8-9-13-23(22)28-25/h2,8-9,12-13,20-21,25,28H,1,4,6-7,10-11,14-19H2/t20-,21+,25+,26+/m1/s1. The Labute approximate surface area is 186 Å². The lowest BCUT2D eigenvalue weighted by Gasteiger charge is -2.54. The fourth-order valence-electron chi connectivity index (χ4n) is 6.01. The molecule has 160 valence electrons. The quantitative estimate of drug-likeness (QED) is 0.289. The Hall–Kier alpha value is -1.76. The minimum Gasteiger partial charge on any atom is -0.380 e. The van der Waals surface area contributed by atoms with E-state index in [1.807, 2.05) is 6.08 Å². The molecule has 1 aliphatic carbocycles. The van der Waals surface area contributed by atoms with E-state index in [0.717, 1.165) is 58.2 Å². The Morgan fingerprint density at radius 2 is 2.10 bits per heavy atom. The summed E-state index contributed by atoms with van der Waals surface area (Å²) in [5.74, 6) is 8.18. The van der Waals surface area contributed by atoms with Crippen molar-refractivity contribution in [1.82, 2.24) is 4.90 Å². The van der Waals surface area contributed by atoms with E-state index in [2.05, 4.69) is 52.9 Å². The predicted octanol–water partition coefficient (Wildman–Crippen LogP) is 5.01. The lowest BCUT2D eigenvalue weighted by atomic mass is 9.55. The molecule has 1 saturated heterocycles. The summed E-state index contributed by atoms with van der Waals surface area (Å²) in [7, 11) is 0. The SMILES string of the molecule is C=CCN1CC[C@@H]2CC(=O)[C@H](CCC#CCCCCCl)[C@@H]3Nc4ccccc4[C@]23C1. The van der Waals surface area contributed by atoms with Gasteiger partial charge in [0.25, 0.3) is 0 Å². The molecule has 1 aromatic rings. The van der Waals surface area contributed by atoms with E-state index in [1.54, 1.807) is 0 Å². The van der Waals surface area contributed by atoms with Crippen LogP contribution in [0.15, 0.2) is 36.9 Å². The van der Waals surface area contributed by atoms with E-state index in [-0.39, 0.29) is 17.4 Å². The van der Waals surface area contributed by atoms with Crippen molar-refractivity contribution in [2.75, 3.05) is 30.8 Å². The zero-order valence-corrected chi connectivity index (χ0v) is 18.6. The summed E-state index contributed by atoms with van der Waals surface area (Å²) in [5.41, 5.74) is 2.66. The van der Waals surface area contributed by atoms with Gasteiger partial charge in [-0.3, -0.25) is 9.69 Å². The van der Waals surface area contributed by atoms with Crippen LogP contribution in [0, 0.1) is 23.7 Å². The lowest BCUT2D eigenvalue weighted by molar-refractivity contribution is -0.131. The number of nitrogens with zero attached hydrogens (tertiary/aromatic N) is 1. The van der Waals surface area contributed by atoms with Gasteiger partial charge in [0.05, 0.1) is 0 Å². The Morgan fingerprint density at radius 3 is 2.93 bits per heavy atom. The minimum atomic E-state index is 0.0181. The Balaban J connectivity index is 1.56. The van der Waals surface area contributed by atoms with E-state index < -0.39 is 0 Å². The van der Waals surface area contributed by atoms with Crippen LogP contribution in [-0.4, -0.2) is 42.2 Å². The number of piperidine rings is 1. The first-order chi connectivity index (χ1) is 14.7. The summed E-state index contributed by atoms with van der Waals surface area (Å²) in [6.07, 6.45) is 8.43. The highest BCUT2D eigenvalue weighted by molar-refractivity contribution is 6.17. The molecule has 0 unspecified atom stereocenters. The maximum Gasteiger partial charge on any atom is 0.138 e. The largest absolute Gasteiger partial charge is 0.380 e. The molecule has 2 aliphatic heterocycles. The molecular formula is C26H33ClN2O. The third-order valence-corrected chi connectivity index (χ3v) is 7.61. The van der Waals surface area contributed by atoms with Gasteiger partial charge in [-0.15, -0.1) is 30.0 Å². The van der Waals surface area contributed by atoms with Crippen molar-refractivity contribution in [2.24, 2.45) is 11.8 Å². The molecule has 1 N–H and O–H groups in total. The third kappa shape index (κ3) is 3.93. The number of rotatable bonds is 7. The van der Waals surface area contributed by atoms with Gasteiger partial charge in [-0.05, 0) is 49.8 Å². The van der Waals surface area contributed by atoms with Crippen LogP contribution in [0.1, 0.15) is 50.5 Å². The van der Waals surface area contributed by atoms with Gasteiger partial charge in [-0.1, -0.05) is 24.3 Å². The van der Waals surface area contributed by atoms with Crippen LogP contribution >= 0.6 is 11.6 Å². The van der Waals surface area contributed by atoms with Crippen molar-refractivity contribution < 1.29 is 4.79 Å². The van der Waals surface area contributed by atoms with Crippen molar-refractivity contribution in [3.05, 3.63) is 42.5 Å². The second-order valence-corrected chi connectivity index (χ2v) is 9.41. The number of benzene rings is 1. The molecule has 0 amide bonds. The van der Waals surface area contributed by atoms with Gasteiger partial charge < -0.3 is 5.32 Å². The number of carbonyl (C=O) groups is 1. The molecule has 1 saturated carbocycles. The molecule has 0 bridgehead atoms. The molecule has 3 nitrogen and oxygen atoms in total. The monoisotopic (exact) mass is 424 g/mol. The van der Waals surface area contributed by atoms with Crippen LogP contribution < -0.4 is 5.32 Å². The lowest BCUT2D eigenvalue weighted by Crippen LogP contribution is -2.63. The number of ketones is 1. The molecule has 4 heteroatoms. The van der Waals surface area contributed by atoms with Crippen molar-refractivity contribution in [3.8, 4) is 11.8 Å². The van der Waals surface area contributed by atoms with Crippen LogP contribution in [0.4, 0.5) is 5.69 Å². The molecule has 4 atom stereocenters. The van der Waals surface area contributed by atoms with E-state index in [9.17, 15) is 4.79 Å². The van der Waals surface area contributed by atoms with Gasteiger partial charge in [0, 0.05) is 61.3 Å². The number of hydrogen-bond acceptors (Lipinski definition) is 3. The van der Waals surface area contributed by atoms with Crippen LogP contribution in [0.3, 0.4) is 0 Å². The predicted molar refractivity (Wildman–Crippen MR) is 125 cm³/mol. The second-order valence-electron chi connectivity index (χ2n) is 9.03. The molecule has 0 aromatic heterocycles. The number of hydrogen-bond donors (Lipinski definition) is 1. The average Bonchev–Trinajstić information content (AvgIpc) is 3.07. The molecule has 2 fully saturated rings. The van der Waals surface area contributed by atoms with Crippen molar-refractivity contribution in [3.63, 3.8) is 0 Å². The molecule has 2 heterocycles. The van der Waals surface area contributed by atoms with E-state index in [4.69, 9.17) is 11.6 Å². The van der Waals surface area contributed by atoms with E-state index >= 15 is 0 Å². The number of nitrogens with one attached hydrogen (secondary N) is 1. The molecule has 30 heavy (non-hydrogen) atoms. The second kappa shape index (κ2) is 9.58. The van der Waals surface area contributed by atoms with Gasteiger partial charge >= 0.3 is 0 Å². The van der Waals surface area contributed by atoms with Gasteiger partial charge in [-0.2, -0.15) is 0 Å². The molecule has 1 spiro atoms. The third-order valence-electron chi connectivity index (χ3n) is 7.34. The molecule has 0 radical (unpaired) electrons. The number of anilines is 1. The Kier molecular flexibility index (Phi) is 6.86. The number of fused-ring (bicyclic) bond motifs is 1. The summed E-state index contributed by atoms with van der Waals surface area (Å²) in [6, 6.07) is 8.90. The van der Waals surface area contributed by atoms with Crippen molar-refractivity contribution in [1.29, 1.82) is 0 Å². The Morgan fingerprint density at radius 1 is 1.27 bits per heavy atom. The van der Waals surface area contributed by atoms with Gasteiger partial charge in [0.1, 0.15) is 5.78 Å². The normalized spacial score (nSPS) is 29.8. The molecule has 1 aromatic carbocycles. The van der Waals surface area contributed by atoms with Crippen molar-refractivity contribution in [2.45, 2.75) is 56.4 Å². The number of likely N-dealkylation sites (tertiary alicyclic amines) is 1. The van der Waals surface area contributed by atoms with Crippen LogP contribution in [-0.2, 0) is 10.2 Å². The smallest absolute Gasteiger partial charge is 0.138 e. The number of para-hydroxylation sites is 1. The molecular weight excluding hydrogens is 392 g/mol. The highest BCUT2D eigenvalue weighted by Crippen LogP contribution is 2.56. The fraction of sp³-hybridized carbons (Fsp3) is 0.577. The summed E-state index contributed by atoms with van der Waals surface area (Å²) < 4.78 is 0. The number of carbonyl (C=O) groups excluding carboxylic acids is 1. The average molecular weight is 425 g/mol. The highest BCUT2D eigenvalue weighted by Gasteiger charge is 2.60. The van der Waals surface area contributed by atoms with Crippen LogP contribution in [0.2, 0.25) is 0 Å². The number of unbranched alkanes of at least 4 members (excludes halogenated alkanes) is 2. The zero-order chi connectivity index (χ0) is 21.0. The first-order valence-corrected chi connectivity index (χ1v) is 12.0. The summed E-state index contributed by atoms with van der Waals surface area (Å²) in [6.45, 7) is 6.93. The van der Waals surface area contributed by atoms with E-state index in [0.29, 0.717) is 24.0 Å². The number of Topliss-reactive ketones (excluding diaryl/α,β-unsaturated/α-hetero) is 1. The van der Waals surface area contributed by atoms with Gasteiger partial charge in [0.15, 0.2) is 0 Å². The number of halogens is 1. The first kappa shape index (κ1) is 21.5. The molecule has 3 aliphatic rings. The first-order valence-electron chi connectivity index (χ1n) is 11.4. The maximum atomic E-state index is 13.2. The summed E-state index contributed by atoms with van der Waals surface area (Å²) in [4.78, 5) is 15.7. The summed E-state index contributed by atoms with van der Waals surface area (Å²) in [5, 5.41) is 3.80. The van der Waals surface area contributed by atoms with Crippen LogP contribution in [0.25, 0.3) is 0 Å². The van der Waals surface area contributed by atoms with Gasteiger partial charge in [-0.25, -0.2) is 0 Å². The minimum absolute atomic E-state index is 0.0181. The Bertz CT molecular complexity index is 841. The fourth-order valence-corrected chi connectivity index (χ4v) is 6.20. The zero-order valence-electron chi connectivity index (χ0n) is 17.8. The summed E-state index contributed by atoms with van der Waals surface area (Å²) >= 11 is 5.73. The number of alkyl halides is 1. The van der Waals surface area contributed by atoms with E-state index in [1.165, 1.54) is 11.3 Å². The van der Waals surface area contributed by atoms with Crippen molar-refractivity contribution >= 4 is 23.1 Å².